The summed E-state index contributed by atoms with van der Waals surface area (Å²) in [5.41, 5.74) is 5.95. The summed E-state index contributed by atoms with van der Waals surface area (Å²) in [6, 6.07) is 4.33. The minimum atomic E-state index is -3.73. The van der Waals surface area contributed by atoms with E-state index in [9.17, 15) is 13.2 Å². The Hall–Kier alpha value is -1.51. The molecule has 0 radical (unpaired) electrons. The Morgan fingerprint density at radius 1 is 1.29 bits per heavy atom. The van der Waals surface area contributed by atoms with Crippen molar-refractivity contribution in [2.75, 3.05) is 39.0 Å². The smallest absolute Gasteiger partial charge is 0.409 e. The lowest BCUT2D eigenvalue weighted by Crippen LogP contribution is -2.50. The predicted octanol–water partition coefficient (Wildman–Crippen LogP) is 0.995. The maximum atomic E-state index is 12.6. The second-order valence-electron chi connectivity index (χ2n) is 4.55. The molecule has 0 unspecified atom stereocenters. The van der Waals surface area contributed by atoms with Gasteiger partial charge in [0, 0.05) is 31.9 Å². The number of nitrogens with two attached hydrogens (primary N) is 1. The molecule has 21 heavy (non-hydrogen) atoms. The maximum absolute atomic E-state index is 12.6. The van der Waals surface area contributed by atoms with Crippen molar-refractivity contribution in [2.45, 2.75) is 4.90 Å². The van der Waals surface area contributed by atoms with E-state index in [-0.39, 0.29) is 36.1 Å². The number of benzene rings is 1. The quantitative estimate of drug-likeness (QED) is 0.815. The molecule has 1 saturated heterocycles. The fourth-order valence-corrected chi connectivity index (χ4v) is 4.03. The molecule has 1 amide bonds. The number of hydrogen-bond acceptors (Lipinski definition) is 5. The van der Waals surface area contributed by atoms with Gasteiger partial charge in [-0.2, -0.15) is 4.31 Å². The molecule has 1 fully saturated rings. The first-order chi connectivity index (χ1) is 9.86. The normalized spacial score (nSPS) is 16.8. The highest BCUT2D eigenvalue weighted by Gasteiger charge is 2.31. The molecule has 0 saturated carbocycles. The molecule has 1 aliphatic rings. The minimum absolute atomic E-state index is 0.0179. The number of methoxy groups -OCH3 is 1. The Morgan fingerprint density at radius 2 is 1.90 bits per heavy atom. The lowest BCUT2D eigenvalue weighted by atomic mass is 10.3. The van der Waals surface area contributed by atoms with Crippen LogP contribution in [-0.2, 0) is 14.8 Å². The summed E-state index contributed by atoms with van der Waals surface area (Å²) in [4.78, 5) is 12.8. The van der Waals surface area contributed by atoms with Crippen LogP contribution in [0.2, 0.25) is 5.02 Å². The van der Waals surface area contributed by atoms with Crippen LogP contribution in [0.3, 0.4) is 0 Å². The van der Waals surface area contributed by atoms with Gasteiger partial charge in [0.15, 0.2) is 0 Å². The van der Waals surface area contributed by atoms with Crippen LogP contribution in [0.5, 0.6) is 0 Å². The van der Waals surface area contributed by atoms with E-state index in [4.69, 9.17) is 17.3 Å². The lowest BCUT2D eigenvalue weighted by molar-refractivity contribution is 0.108. The molecule has 2 N–H and O–H groups in total. The number of ether oxygens (including phenoxy) is 1. The second-order valence-corrected chi connectivity index (χ2v) is 6.86. The number of nitrogen functional groups attached to an aromatic ring is 1. The van der Waals surface area contributed by atoms with Crippen molar-refractivity contribution in [1.82, 2.24) is 9.21 Å². The van der Waals surface area contributed by atoms with Crippen molar-refractivity contribution in [1.29, 1.82) is 0 Å². The van der Waals surface area contributed by atoms with E-state index >= 15 is 0 Å². The van der Waals surface area contributed by atoms with Crippen LogP contribution in [0.15, 0.2) is 23.1 Å². The summed E-state index contributed by atoms with van der Waals surface area (Å²) < 4.78 is 31.0. The summed E-state index contributed by atoms with van der Waals surface area (Å²) in [6.07, 6.45) is -0.464. The third-order valence-corrected chi connectivity index (χ3v) is 5.62. The number of nitrogens with zero attached hydrogens (tertiary/aromatic N) is 2. The zero-order valence-electron chi connectivity index (χ0n) is 11.5. The highest BCUT2D eigenvalue weighted by molar-refractivity contribution is 7.89. The van der Waals surface area contributed by atoms with Crippen molar-refractivity contribution in [3.05, 3.63) is 23.2 Å². The van der Waals surface area contributed by atoms with Gasteiger partial charge in [0.25, 0.3) is 0 Å². The molecule has 1 aromatic carbocycles. The number of rotatable bonds is 2. The van der Waals surface area contributed by atoms with Gasteiger partial charge in [-0.15, -0.1) is 0 Å². The molecule has 1 heterocycles. The van der Waals surface area contributed by atoms with E-state index in [0.717, 1.165) is 0 Å². The van der Waals surface area contributed by atoms with Crippen molar-refractivity contribution in [3.63, 3.8) is 0 Å². The van der Waals surface area contributed by atoms with Crippen molar-refractivity contribution >= 4 is 33.4 Å². The third kappa shape index (κ3) is 3.22. The number of sulfonamides is 1. The van der Waals surface area contributed by atoms with Gasteiger partial charge < -0.3 is 15.4 Å². The number of piperazine rings is 1. The van der Waals surface area contributed by atoms with Crippen LogP contribution in [0, 0.1) is 0 Å². The molecule has 0 atom stereocenters. The number of anilines is 1. The summed E-state index contributed by atoms with van der Waals surface area (Å²) in [6.45, 7) is 0.906. The Morgan fingerprint density at radius 3 is 2.48 bits per heavy atom. The SMILES string of the molecule is COC(=O)N1CCN(S(=O)(=O)c2cc(N)ccc2Cl)CC1. The topological polar surface area (TPSA) is 92.9 Å². The fraction of sp³-hybridized carbons (Fsp3) is 0.417. The Labute approximate surface area is 128 Å². The van der Waals surface area contributed by atoms with Crippen LogP contribution in [0.25, 0.3) is 0 Å². The molecular weight excluding hydrogens is 318 g/mol. The lowest BCUT2D eigenvalue weighted by Gasteiger charge is -2.33. The Balaban J connectivity index is 2.19. The van der Waals surface area contributed by atoms with E-state index in [1.54, 1.807) is 0 Å². The summed E-state index contributed by atoms with van der Waals surface area (Å²) in [7, 11) is -2.44. The van der Waals surface area contributed by atoms with Crippen molar-refractivity contribution in [2.24, 2.45) is 0 Å². The van der Waals surface area contributed by atoms with Crippen LogP contribution >= 0.6 is 11.6 Å². The molecule has 7 nitrogen and oxygen atoms in total. The largest absolute Gasteiger partial charge is 0.453 e. The van der Waals surface area contributed by atoms with E-state index < -0.39 is 16.1 Å². The van der Waals surface area contributed by atoms with Gasteiger partial charge in [0.2, 0.25) is 10.0 Å². The summed E-state index contributed by atoms with van der Waals surface area (Å²) >= 11 is 5.96. The number of halogens is 1. The van der Waals surface area contributed by atoms with Crippen LogP contribution < -0.4 is 5.73 Å². The van der Waals surface area contributed by atoms with Crippen LogP contribution in [0.1, 0.15) is 0 Å². The molecule has 0 aromatic heterocycles. The second kappa shape index (κ2) is 6.08. The highest BCUT2D eigenvalue weighted by Crippen LogP contribution is 2.27. The minimum Gasteiger partial charge on any atom is -0.453 e. The van der Waals surface area contributed by atoms with Crippen molar-refractivity contribution in [3.8, 4) is 0 Å². The zero-order valence-corrected chi connectivity index (χ0v) is 13.0. The fourth-order valence-electron chi connectivity index (χ4n) is 2.10. The monoisotopic (exact) mass is 333 g/mol. The van der Waals surface area contributed by atoms with E-state index in [2.05, 4.69) is 4.74 Å². The van der Waals surface area contributed by atoms with E-state index in [1.807, 2.05) is 0 Å². The molecule has 0 spiro atoms. The Bertz CT molecular complexity index is 642. The summed E-state index contributed by atoms with van der Waals surface area (Å²) in [5.74, 6) is 0. The van der Waals surface area contributed by atoms with Gasteiger partial charge >= 0.3 is 6.09 Å². The zero-order chi connectivity index (χ0) is 15.6. The van der Waals surface area contributed by atoms with Gasteiger partial charge in [-0.1, -0.05) is 11.6 Å². The molecule has 9 heteroatoms. The number of carbonyl (C=O) groups excluding carboxylic acids is 1. The van der Waals surface area contributed by atoms with Gasteiger partial charge in [0.1, 0.15) is 4.90 Å². The molecule has 0 aliphatic carbocycles. The van der Waals surface area contributed by atoms with Crippen LogP contribution in [0.4, 0.5) is 10.5 Å². The molecule has 1 aromatic rings. The molecular formula is C12H16ClN3O4S. The maximum Gasteiger partial charge on any atom is 0.409 e. The first-order valence-electron chi connectivity index (χ1n) is 6.24. The standard InChI is InChI=1S/C12H16ClN3O4S/c1-20-12(17)15-4-6-16(7-5-15)21(18,19)11-8-9(14)2-3-10(11)13/h2-3,8H,4-7,14H2,1H3. The van der Waals surface area contributed by atoms with E-state index in [0.29, 0.717) is 5.69 Å². The van der Waals surface area contributed by atoms with Gasteiger partial charge in [-0.05, 0) is 18.2 Å². The molecule has 116 valence electrons. The highest BCUT2D eigenvalue weighted by atomic mass is 35.5. The van der Waals surface area contributed by atoms with Gasteiger partial charge in [0.05, 0.1) is 12.1 Å². The van der Waals surface area contributed by atoms with Gasteiger partial charge in [-0.3, -0.25) is 0 Å². The first-order valence-corrected chi connectivity index (χ1v) is 8.06. The number of carbonyl (C=O) groups is 1. The number of hydrogen-bond donors (Lipinski definition) is 1. The molecule has 1 aliphatic heterocycles. The average Bonchev–Trinajstić information content (AvgIpc) is 2.49. The first kappa shape index (κ1) is 15.9. The van der Waals surface area contributed by atoms with E-state index in [1.165, 1.54) is 34.5 Å². The number of amides is 1. The summed E-state index contributed by atoms with van der Waals surface area (Å²) in [5, 5.41) is 0.125. The predicted molar refractivity (Wildman–Crippen MR) is 78.6 cm³/mol. The van der Waals surface area contributed by atoms with Crippen molar-refractivity contribution < 1.29 is 17.9 Å². The van der Waals surface area contributed by atoms with Gasteiger partial charge in [-0.25, -0.2) is 13.2 Å². The van der Waals surface area contributed by atoms with Crippen LogP contribution in [-0.4, -0.2) is 57.0 Å². The average molecular weight is 334 g/mol. The Kier molecular flexibility index (Phi) is 4.60. The molecule has 2 rings (SSSR count). The molecule has 0 bridgehead atoms. The third-order valence-electron chi connectivity index (χ3n) is 3.24.